The van der Waals surface area contributed by atoms with E-state index in [0.717, 1.165) is 10.6 Å². The van der Waals surface area contributed by atoms with Crippen LogP contribution in [0.1, 0.15) is 16.1 Å². The van der Waals surface area contributed by atoms with Gasteiger partial charge in [0.25, 0.3) is 0 Å². The molecule has 26 heavy (non-hydrogen) atoms. The molecule has 7 heteroatoms. The first kappa shape index (κ1) is 16.2. The van der Waals surface area contributed by atoms with Crippen molar-refractivity contribution in [3.05, 3.63) is 84.1 Å². The van der Waals surface area contributed by atoms with Gasteiger partial charge in [0, 0.05) is 0 Å². The van der Waals surface area contributed by atoms with Crippen LogP contribution in [0.3, 0.4) is 0 Å². The van der Waals surface area contributed by atoms with Gasteiger partial charge in [0.05, 0.1) is 22.7 Å². The minimum atomic E-state index is -0.457. The zero-order valence-corrected chi connectivity index (χ0v) is 14.2. The van der Waals surface area contributed by atoms with Gasteiger partial charge in [-0.2, -0.15) is 10.1 Å². The molecule has 0 aliphatic carbocycles. The van der Waals surface area contributed by atoms with E-state index < -0.39 is 5.91 Å². The van der Waals surface area contributed by atoms with Gasteiger partial charge in [0.1, 0.15) is 5.82 Å². The van der Waals surface area contributed by atoms with E-state index in [0.29, 0.717) is 15.3 Å². The molecule has 2 aromatic carbocycles. The first-order valence-electron chi connectivity index (χ1n) is 7.74. The van der Waals surface area contributed by atoms with Crippen molar-refractivity contribution in [1.82, 2.24) is 4.98 Å². The molecule has 0 bridgehead atoms. The highest BCUT2D eigenvalue weighted by Gasteiger charge is 2.23. The lowest BCUT2D eigenvalue weighted by Gasteiger charge is -2.11. The maximum Gasteiger partial charge on any atom is 0.316 e. The number of benzene rings is 2. The molecule has 4 aromatic rings. The van der Waals surface area contributed by atoms with E-state index in [9.17, 15) is 9.18 Å². The Morgan fingerprint density at radius 2 is 2.00 bits per heavy atom. The van der Waals surface area contributed by atoms with Crippen molar-refractivity contribution in [2.75, 3.05) is 5.01 Å². The first-order valence-corrected chi connectivity index (χ1v) is 8.55. The molecule has 0 atom stereocenters. The Morgan fingerprint density at radius 3 is 2.77 bits per heavy atom. The number of hydrazone groups is 1. The number of anilines is 1. The van der Waals surface area contributed by atoms with Crippen LogP contribution < -0.4 is 5.01 Å². The van der Waals surface area contributed by atoms with Gasteiger partial charge < -0.3 is 4.42 Å². The van der Waals surface area contributed by atoms with Gasteiger partial charge in [-0.3, -0.25) is 4.79 Å². The molecule has 0 radical (unpaired) electrons. The van der Waals surface area contributed by atoms with Crippen LogP contribution in [0, 0.1) is 5.82 Å². The normalized spacial score (nSPS) is 11.3. The summed E-state index contributed by atoms with van der Waals surface area (Å²) < 4.78 is 19.3. The number of hydrogen-bond acceptors (Lipinski definition) is 5. The molecule has 0 spiro atoms. The number of carbonyl (C=O) groups is 1. The summed E-state index contributed by atoms with van der Waals surface area (Å²) in [4.78, 5) is 17.2. The smallest absolute Gasteiger partial charge is 0.316 e. The Morgan fingerprint density at radius 1 is 1.15 bits per heavy atom. The van der Waals surface area contributed by atoms with E-state index >= 15 is 0 Å². The van der Waals surface area contributed by atoms with Crippen LogP contribution in [0.2, 0.25) is 0 Å². The van der Waals surface area contributed by atoms with Crippen molar-refractivity contribution in [2.45, 2.75) is 0 Å². The van der Waals surface area contributed by atoms with Crippen LogP contribution in [0.5, 0.6) is 0 Å². The minimum absolute atomic E-state index is 0.139. The molecule has 0 saturated carbocycles. The number of furan rings is 1. The van der Waals surface area contributed by atoms with E-state index in [1.165, 1.54) is 29.7 Å². The van der Waals surface area contributed by atoms with Gasteiger partial charge in [0.2, 0.25) is 5.13 Å². The predicted molar refractivity (Wildman–Crippen MR) is 99.1 cm³/mol. The number of thiazole rings is 1. The van der Waals surface area contributed by atoms with E-state index in [1.807, 2.05) is 30.3 Å². The number of rotatable bonds is 4. The summed E-state index contributed by atoms with van der Waals surface area (Å²) in [6, 6.07) is 16.8. The number of nitrogens with zero attached hydrogens (tertiary/aromatic N) is 3. The molecular formula is C19H12FN3O2S. The third-order valence-corrected chi connectivity index (χ3v) is 4.56. The standard InChI is InChI=1S/C19H12FN3O2S/c20-14-8-9-15-17(11-14)26-19(22-15)23(18(24)16-7-4-10-25-16)21-12-13-5-2-1-3-6-13/h1-12H/b21-12-. The van der Waals surface area contributed by atoms with Gasteiger partial charge in [-0.1, -0.05) is 41.7 Å². The Bertz CT molecular complexity index is 1070. The number of halogens is 1. The monoisotopic (exact) mass is 365 g/mol. The fourth-order valence-electron chi connectivity index (χ4n) is 2.33. The second-order valence-corrected chi connectivity index (χ2v) is 6.37. The quantitative estimate of drug-likeness (QED) is 0.389. The highest BCUT2D eigenvalue weighted by Crippen LogP contribution is 2.30. The molecule has 0 fully saturated rings. The van der Waals surface area contributed by atoms with Crippen molar-refractivity contribution in [3.63, 3.8) is 0 Å². The molecule has 5 nitrogen and oxygen atoms in total. The van der Waals surface area contributed by atoms with Crippen molar-refractivity contribution in [3.8, 4) is 0 Å². The van der Waals surface area contributed by atoms with Crippen LogP contribution in [-0.4, -0.2) is 17.1 Å². The Kier molecular flexibility index (Phi) is 4.28. The molecule has 0 unspecified atom stereocenters. The van der Waals surface area contributed by atoms with E-state index in [1.54, 1.807) is 24.4 Å². The second kappa shape index (κ2) is 6.89. The summed E-state index contributed by atoms with van der Waals surface area (Å²) in [5.41, 5.74) is 1.43. The molecule has 0 aliphatic heterocycles. The van der Waals surface area contributed by atoms with E-state index in [-0.39, 0.29) is 11.6 Å². The Labute approximate surface area is 152 Å². The maximum absolute atomic E-state index is 13.5. The van der Waals surface area contributed by atoms with Crippen molar-refractivity contribution >= 4 is 38.8 Å². The fraction of sp³-hybridized carbons (Fsp3) is 0. The second-order valence-electron chi connectivity index (χ2n) is 5.36. The molecule has 0 aliphatic rings. The number of aromatic nitrogens is 1. The van der Waals surface area contributed by atoms with E-state index in [4.69, 9.17) is 4.42 Å². The molecule has 4 rings (SSSR count). The third kappa shape index (κ3) is 3.25. The molecule has 0 N–H and O–H groups in total. The topological polar surface area (TPSA) is 58.7 Å². The van der Waals surface area contributed by atoms with Crippen molar-refractivity contribution in [2.24, 2.45) is 5.10 Å². The Balaban J connectivity index is 1.76. The van der Waals surface area contributed by atoms with Crippen LogP contribution >= 0.6 is 11.3 Å². The summed E-state index contributed by atoms with van der Waals surface area (Å²) in [6.07, 6.45) is 2.98. The summed E-state index contributed by atoms with van der Waals surface area (Å²) in [5.74, 6) is -0.674. The van der Waals surface area contributed by atoms with Gasteiger partial charge in [-0.05, 0) is 35.9 Å². The van der Waals surface area contributed by atoms with E-state index in [2.05, 4.69) is 10.1 Å². The summed E-state index contributed by atoms with van der Waals surface area (Å²) in [5, 5.41) is 5.78. The van der Waals surface area contributed by atoms with Crippen LogP contribution in [0.15, 0.2) is 76.4 Å². The third-order valence-electron chi connectivity index (χ3n) is 3.57. The SMILES string of the molecule is O=C(c1ccco1)N(/N=C\c1ccccc1)c1nc2ccc(F)cc2s1. The molecule has 2 aromatic heterocycles. The first-order chi connectivity index (χ1) is 12.7. The molecular weight excluding hydrogens is 353 g/mol. The lowest BCUT2D eigenvalue weighted by Crippen LogP contribution is -2.25. The van der Waals surface area contributed by atoms with Crippen LogP contribution in [-0.2, 0) is 0 Å². The highest BCUT2D eigenvalue weighted by molar-refractivity contribution is 7.22. The highest BCUT2D eigenvalue weighted by atomic mass is 32.1. The number of hydrogen-bond donors (Lipinski definition) is 0. The van der Waals surface area contributed by atoms with Crippen molar-refractivity contribution < 1.29 is 13.6 Å². The fourth-order valence-corrected chi connectivity index (χ4v) is 3.28. The zero-order valence-electron chi connectivity index (χ0n) is 13.4. The number of amides is 1. The van der Waals surface area contributed by atoms with Crippen LogP contribution in [0.25, 0.3) is 10.2 Å². The lowest BCUT2D eigenvalue weighted by molar-refractivity contribution is 0.0961. The minimum Gasteiger partial charge on any atom is -0.459 e. The predicted octanol–water partition coefficient (Wildman–Crippen LogP) is 4.71. The number of fused-ring (bicyclic) bond motifs is 1. The summed E-state index contributed by atoms with van der Waals surface area (Å²) >= 11 is 1.18. The summed E-state index contributed by atoms with van der Waals surface area (Å²) in [7, 11) is 0. The lowest BCUT2D eigenvalue weighted by atomic mass is 10.2. The largest absolute Gasteiger partial charge is 0.459 e. The van der Waals surface area contributed by atoms with Gasteiger partial charge in [0.15, 0.2) is 5.76 Å². The van der Waals surface area contributed by atoms with Crippen LogP contribution in [0.4, 0.5) is 9.52 Å². The van der Waals surface area contributed by atoms with Gasteiger partial charge in [-0.25, -0.2) is 9.37 Å². The number of carbonyl (C=O) groups excluding carboxylic acids is 1. The average molecular weight is 365 g/mol. The zero-order chi connectivity index (χ0) is 17.9. The average Bonchev–Trinajstić information content (AvgIpc) is 3.32. The molecule has 0 saturated heterocycles. The van der Waals surface area contributed by atoms with Crippen molar-refractivity contribution in [1.29, 1.82) is 0 Å². The molecule has 1 amide bonds. The van der Waals surface area contributed by atoms with Gasteiger partial charge >= 0.3 is 5.91 Å². The molecule has 128 valence electrons. The summed E-state index contributed by atoms with van der Waals surface area (Å²) in [6.45, 7) is 0. The Hall–Kier alpha value is -3.32. The molecule has 2 heterocycles. The van der Waals surface area contributed by atoms with Gasteiger partial charge in [-0.15, -0.1) is 0 Å². The maximum atomic E-state index is 13.5.